The molecule has 1 aromatic heterocycles. The first kappa shape index (κ1) is 16.6. The molecule has 1 heterocycles. The minimum atomic E-state index is -1.02. The average molecular weight is 348 g/mol. The molecule has 126 valence electrons. The van der Waals surface area contributed by atoms with Gasteiger partial charge in [0.05, 0.1) is 14.2 Å². The van der Waals surface area contributed by atoms with Gasteiger partial charge in [-0.25, -0.2) is 4.98 Å². The highest BCUT2D eigenvalue weighted by molar-refractivity contribution is 6.31. The number of aromatic nitrogens is 1. The third kappa shape index (κ3) is 2.49. The number of rotatable bonds is 5. The number of ether oxygens (including phenoxy) is 2. The molecule has 24 heavy (non-hydrogen) atoms. The van der Waals surface area contributed by atoms with Crippen molar-refractivity contribution in [2.45, 2.75) is 24.7 Å². The molecule has 3 rings (SSSR count). The number of methoxy groups -OCH3 is 2. The van der Waals surface area contributed by atoms with Crippen LogP contribution in [0.5, 0.6) is 11.6 Å². The van der Waals surface area contributed by atoms with Gasteiger partial charge in [-0.05, 0) is 31.0 Å². The monoisotopic (exact) mass is 347 g/mol. The molecule has 1 aromatic carbocycles. The Balaban J connectivity index is 2.06. The van der Waals surface area contributed by atoms with Crippen LogP contribution in [0.4, 0.5) is 0 Å². The maximum absolute atomic E-state index is 12.1. The van der Waals surface area contributed by atoms with E-state index in [0.717, 1.165) is 11.1 Å². The molecule has 5 nitrogen and oxygen atoms in total. The van der Waals surface area contributed by atoms with Crippen LogP contribution in [-0.2, 0) is 10.2 Å². The van der Waals surface area contributed by atoms with Crippen molar-refractivity contribution < 1.29 is 19.4 Å². The molecule has 2 aromatic rings. The Hall–Kier alpha value is -2.27. The molecule has 1 fully saturated rings. The average Bonchev–Trinajstić information content (AvgIpc) is 3.31. The van der Waals surface area contributed by atoms with Gasteiger partial charge in [-0.1, -0.05) is 29.3 Å². The van der Waals surface area contributed by atoms with Crippen LogP contribution in [0, 0.1) is 6.92 Å². The number of hydrogen-bond acceptors (Lipinski definition) is 4. The molecule has 2 atom stereocenters. The summed E-state index contributed by atoms with van der Waals surface area (Å²) in [6.45, 7) is 1.93. The fraction of sp³-hybridized carbons (Fsp3) is 0.333. The SMILES string of the molecule is COc1ccc(C)cc1[C@]1(C(=O)O)C[C@@H]1c1cnc(OC)c(Cl)c1. The van der Waals surface area contributed by atoms with Crippen molar-refractivity contribution in [3.63, 3.8) is 0 Å². The Labute approximate surface area is 145 Å². The quantitative estimate of drug-likeness (QED) is 0.895. The first-order valence-electron chi connectivity index (χ1n) is 7.52. The van der Waals surface area contributed by atoms with Crippen LogP contribution in [0.15, 0.2) is 30.5 Å². The van der Waals surface area contributed by atoms with E-state index < -0.39 is 11.4 Å². The summed E-state index contributed by atoms with van der Waals surface area (Å²) in [5, 5.41) is 10.3. The number of carboxylic acids is 1. The Morgan fingerprint density at radius 3 is 2.67 bits per heavy atom. The van der Waals surface area contributed by atoms with Crippen molar-refractivity contribution in [3.8, 4) is 11.6 Å². The zero-order chi connectivity index (χ0) is 17.5. The maximum atomic E-state index is 12.1. The van der Waals surface area contributed by atoms with Crippen LogP contribution in [0.1, 0.15) is 29.0 Å². The molecule has 1 aliphatic carbocycles. The predicted octanol–water partition coefficient (Wildman–Crippen LogP) is 3.57. The Morgan fingerprint density at radius 1 is 1.33 bits per heavy atom. The van der Waals surface area contributed by atoms with E-state index in [1.807, 2.05) is 25.1 Å². The Kier molecular flexibility index (Phi) is 4.13. The number of carbonyl (C=O) groups is 1. The molecule has 0 bridgehead atoms. The van der Waals surface area contributed by atoms with Crippen LogP contribution >= 0.6 is 11.6 Å². The summed E-state index contributed by atoms with van der Waals surface area (Å²) in [5.74, 6) is -0.168. The number of carboxylic acid groups (broad SMARTS) is 1. The van der Waals surface area contributed by atoms with Crippen molar-refractivity contribution in [3.05, 3.63) is 52.2 Å². The van der Waals surface area contributed by atoms with E-state index in [1.54, 1.807) is 19.4 Å². The van der Waals surface area contributed by atoms with Crippen LogP contribution in [0.2, 0.25) is 5.02 Å². The normalized spacial score (nSPS) is 22.1. The van der Waals surface area contributed by atoms with Gasteiger partial charge in [-0.2, -0.15) is 0 Å². The molecule has 1 aliphatic rings. The standard InChI is InChI=1S/C18H18ClNO4/c1-10-4-5-15(23-2)12(6-10)18(17(21)22)8-13(18)11-7-14(19)16(24-3)20-9-11/h4-7,9,13H,8H2,1-3H3,(H,21,22)/t13-,18-/m1/s1. The number of nitrogens with zero attached hydrogens (tertiary/aromatic N) is 1. The van der Waals surface area contributed by atoms with E-state index in [2.05, 4.69) is 4.98 Å². The number of hydrogen-bond donors (Lipinski definition) is 1. The topological polar surface area (TPSA) is 68.7 Å². The van der Waals surface area contributed by atoms with Gasteiger partial charge in [0.1, 0.15) is 16.2 Å². The molecule has 0 unspecified atom stereocenters. The van der Waals surface area contributed by atoms with Crippen LogP contribution in [-0.4, -0.2) is 30.3 Å². The van der Waals surface area contributed by atoms with Crippen molar-refractivity contribution in [1.29, 1.82) is 0 Å². The first-order valence-corrected chi connectivity index (χ1v) is 7.89. The van der Waals surface area contributed by atoms with E-state index >= 15 is 0 Å². The van der Waals surface area contributed by atoms with Gasteiger partial charge in [0, 0.05) is 17.7 Å². The third-order valence-electron chi connectivity index (χ3n) is 4.60. The summed E-state index contributed by atoms with van der Waals surface area (Å²) in [4.78, 5) is 16.3. The van der Waals surface area contributed by atoms with Gasteiger partial charge in [0.15, 0.2) is 0 Å². The van der Waals surface area contributed by atoms with Gasteiger partial charge in [0.2, 0.25) is 5.88 Å². The van der Waals surface area contributed by atoms with Gasteiger partial charge >= 0.3 is 5.97 Å². The number of halogens is 1. The van der Waals surface area contributed by atoms with E-state index in [4.69, 9.17) is 21.1 Å². The lowest BCUT2D eigenvalue weighted by molar-refractivity contribution is -0.140. The van der Waals surface area contributed by atoms with Crippen molar-refractivity contribution in [1.82, 2.24) is 4.98 Å². The molecule has 1 saturated carbocycles. The second-order valence-corrected chi connectivity index (χ2v) is 6.40. The van der Waals surface area contributed by atoms with Gasteiger partial charge < -0.3 is 14.6 Å². The zero-order valence-electron chi connectivity index (χ0n) is 13.7. The summed E-state index contributed by atoms with van der Waals surface area (Å²) in [7, 11) is 3.04. The van der Waals surface area contributed by atoms with Gasteiger partial charge in [-0.3, -0.25) is 4.79 Å². The lowest BCUT2D eigenvalue weighted by Crippen LogP contribution is -2.23. The summed E-state index contributed by atoms with van der Waals surface area (Å²) >= 11 is 6.14. The minimum absolute atomic E-state index is 0.207. The van der Waals surface area contributed by atoms with Crippen molar-refractivity contribution >= 4 is 17.6 Å². The van der Waals surface area contributed by atoms with E-state index in [-0.39, 0.29) is 5.92 Å². The van der Waals surface area contributed by atoms with E-state index in [9.17, 15) is 9.90 Å². The predicted molar refractivity (Wildman–Crippen MR) is 90.2 cm³/mol. The van der Waals surface area contributed by atoms with Crippen LogP contribution < -0.4 is 9.47 Å². The van der Waals surface area contributed by atoms with Gasteiger partial charge in [0.25, 0.3) is 0 Å². The zero-order valence-corrected chi connectivity index (χ0v) is 14.4. The molecule has 0 saturated heterocycles. The largest absolute Gasteiger partial charge is 0.496 e. The van der Waals surface area contributed by atoms with Crippen LogP contribution in [0.25, 0.3) is 0 Å². The maximum Gasteiger partial charge on any atom is 0.314 e. The highest BCUT2D eigenvalue weighted by Gasteiger charge is 2.63. The summed E-state index contributed by atoms with van der Waals surface area (Å²) < 4.78 is 10.5. The van der Waals surface area contributed by atoms with Gasteiger partial charge in [-0.15, -0.1) is 0 Å². The minimum Gasteiger partial charge on any atom is -0.496 e. The molecule has 0 amide bonds. The lowest BCUT2D eigenvalue weighted by Gasteiger charge is -2.18. The molecule has 0 aliphatic heterocycles. The Bertz CT molecular complexity index is 808. The van der Waals surface area contributed by atoms with E-state index in [1.165, 1.54) is 7.11 Å². The van der Waals surface area contributed by atoms with Crippen LogP contribution in [0.3, 0.4) is 0 Å². The molecule has 0 spiro atoms. The third-order valence-corrected chi connectivity index (χ3v) is 4.87. The number of benzene rings is 1. The molecular formula is C18H18ClNO4. The second-order valence-electron chi connectivity index (χ2n) is 6.00. The Morgan fingerprint density at radius 2 is 2.08 bits per heavy atom. The fourth-order valence-corrected chi connectivity index (χ4v) is 3.52. The number of pyridine rings is 1. The molecule has 6 heteroatoms. The van der Waals surface area contributed by atoms with E-state index in [0.29, 0.717) is 28.6 Å². The highest BCUT2D eigenvalue weighted by Crippen LogP contribution is 2.62. The smallest absolute Gasteiger partial charge is 0.314 e. The second kappa shape index (κ2) is 5.98. The molecular weight excluding hydrogens is 330 g/mol. The van der Waals surface area contributed by atoms with Crippen molar-refractivity contribution in [2.24, 2.45) is 0 Å². The summed E-state index contributed by atoms with van der Waals surface area (Å²) in [5.41, 5.74) is 1.45. The first-order chi connectivity index (χ1) is 11.4. The lowest BCUT2D eigenvalue weighted by atomic mass is 9.89. The highest BCUT2D eigenvalue weighted by atomic mass is 35.5. The number of aryl methyl sites for hydroxylation is 1. The summed E-state index contributed by atoms with van der Waals surface area (Å²) in [6, 6.07) is 7.32. The van der Waals surface area contributed by atoms with Crippen molar-refractivity contribution in [2.75, 3.05) is 14.2 Å². The number of aliphatic carboxylic acids is 1. The molecule has 1 N–H and O–H groups in total. The summed E-state index contributed by atoms with van der Waals surface area (Å²) in [6.07, 6.45) is 2.11. The fourth-order valence-electron chi connectivity index (χ4n) is 3.27. The molecule has 0 radical (unpaired) electrons.